The van der Waals surface area contributed by atoms with Gasteiger partial charge in [0, 0.05) is 69.2 Å². The van der Waals surface area contributed by atoms with E-state index in [9.17, 15) is 0 Å². The van der Waals surface area contributed by atoms with Crippen molar-refractivity contribution < 1.29 is 0 Å². The third-order valence-electron chi connectivity index (χ3n) is 27.2. The first-order valence-electron chi connectivity index (χ1n) is 41.9. The smallest absolute Gasteiger partial charge is 0.0726 e. The van der Waals surface area contributed by atoms with Crippen molar-refractivity contribution in [3.63, 3.8) is 0 Å². The fraction of sp³-hybridized carbons (Fsp3) is 0.0690. The van der Waals surface area contributed by atoms with Gasteiger partial charge in [0.25, 0.3) is 0 Å². The molecule has 1 spiro atoms. The van der Waals surface area contributed by atoms with Gasteiger partial charge >= 0.3 is 0 Å². The molecule has 0 amide bonds. The van der Waals surface area contributed by atoms with E-state index in [-0.39, 0.29) is 10.8 Å². The van der Waals surface area contributed by atoms with E-state index in [1.54, 1.807) is 0 Å². The lowest BCUT2D eigenvalue weighted by Crippen LogP contribution is -2.28. The lowest BCUT2D eigenvalue weighted by atomic mass is 9.67. The van der Waals surface area contributed by atoms with Gasteiger partial charge in [-0.25, -0.2) is 0 Å². The average molecular weight is 1570 g/mol. The molecule has 2 heterocycles. The first-order valence-corrected chi connectivity index (χ1v) is 43.6. The maximum atomic E-state index is 2.52. The van der Waals surface area contributed by atoms with E-state index in [2.05, 4.69) is 450 Å². The highest BCUT2D eigenvalue weighted by atomic mass is 32.1. The molecule has 0 aliphatic heterocycles. The Hall–Kier alpha value is -14.0. The summed E-state index contributed by atoms with van der Waals surface area (Å²) in [5, 5.41) is 5.17. The Labute approximate surface area is 708 Å². The van der Waals surface area contributed by atoms with E-state index in [4.69, 9.17) is 0 Å². The zero-order valence-electron chi connectivity index (χ0n) is 67.0. The van der Waals surface area contributed by atoms with Crippen LogP contribution in [-0.4, -0.2) is 0 Å². The van der Waals surface area contributed by atoms with Gasteiger partial charge in [-0.15, -0.1) is 22.7 Å². The summed E-state index contributed by atoms with van der Waals surface area (Å²) in [7, 11) is 0. The molecule has 0 saturated heterocycles. The molecule has 0 bridgehead atoms. The molecule has 2 nitrogen and oxygen atoms in total. The predicted octanol–water partition coefficient (Wildman–Crippen LogP) is 31.7. The summed E-state index contributed by atoms with van der Waals surface area (Å²) in [6.07, 6.45) is 0. The molecule has 0 N–H and O–H groups in total. The van der Waals surface area contributed by atoms with Crippen LogP contribution in [0.4, 0.5) is 34.1 Å². The summed E-state index contributed by atoms with van der Waals surface area (Å²) in [5.41, 5.74) is 40.2. The van der Waals surface area contributed by atoms with Crippen LogP contribution in [0.1, 0.15) is 94.5 Å². The number of fused-ring (bicyclic) bond motifs is 25. The fourth-order valence-electron chi connectivity index (χ4n) is 22.3. The molecule has 20 aromatic rings. The molecular formula is C116H80N2S2. The molecule has 566 valence electrons. The minimum Gasteiger partial charge on any atom is -0.310 e. The highest BCUT2D eigenvalue weighted by Gasteiger charge is 2.52. The number of nitrogens with zero attached hydrogens (tertiary/aromatic N) is 2. The molecule has 5 aliphatic carbocycles. The normalized spacial score (nSPS) is 14.3. The fourth-order valence-corrected chi connectivity index (χ4v) is 24.6. The second-order valence-corrected chi connectivity index (χ2v) is 36.1. The van der Waals surface area contributed by atoms with Gasteiger partial charge in [0.2, 0.25) is 0 Å². The van der Waals surface area contributed by atoms with E-state index in [1.807, 2.05) is 22.7 Å². The lowest BCUT2D eigenvalue weighted by molar-refractivity contribution is 0.662. The SMILES string of the molecule is CC1(C)c2ccccc2-c2cccc(-c3ccc(N(c4ccc5c(c4)C(c4ccccc4)(c4ccccc4)c4ccccc4-5)c4cccc5c4sc4ccccc45)cc3)c21.CC1(C)c2ccccc2-c2cccc(-c3ccc(N(c4ccc5c(c4)C4(c6ccccc6-c6ccccc64)c4ccccc4-5)c4cccc5sc6ccccc6c45)cc3)c21. The van der Waals surface area contributed by atoms with E-state index < -0.39 is 10.8 Å². The second-order valence-electron chi connectivity index (χ2n) is 33.9. The second kappa shape index (κ2) is 26.8. The minimum atomic E-state index is -0.498. The zero-order valence-corrected chi connectivity index (χ0v) is 68.6. The van der Waals surface area contributed by atoms with Gasteiger partial charge in [0.15, 0.2) is 0 Å². The molecule has 0 unspecified atom stereocenters. The Morgan fingerprint density at radius 3 is 1.02 bits per heavy atom. The van der Waals surface area contributed by atoms with Crippen molar-refractivity contribution in [3.8, 4) is 77.9 Å². The zero-order chi connectivity index (χ0) is 79.7. The van der Waals surface area contributed by atoms with Crippen LogP contribution in [-0.2, 0) is 21.7 Å². The molecule has 0 fully saturated rings. The third kappa shape index (κ3) is 10.0. The van der Waals surface area contributed by atoms with Crippen molar-refractivity contribution in [1.29, 1.82) is 0 Å². The van der Waals surface area contributed by atoms with Gasteiger partial charge in [-0.2, -0.15) is 0 Å². The van der Waals surface area contributed by atoms with Crippen LogP contribution < -0.4 is 9.80 Å². The standard InChI is InChI=1S/C58H39NS.C58H41NS/c1-57(2)47-22-8-3-18-43(47)45-21-13-20-39(56(45)57)36-29-31-37(32-30-36)59(52-26-14-28-54-55(52)46-19-7-12-27-53(46)60-54)38-33-34-44-42-17-6-11-25-50(42)58(51(44)35-38)48-23-9-4-15-40(48)41-16-5-10-24-49(41)58;1-57(2)50-27-12-9-22-45(50)48-25-15-24-43(55(48)57)38-31-33-41(34-32-38)59(53-29-16-26-49-47-23-11-14-30-54(47)60-56(49)53)42-35-36-46-44-21-10-13-28-51(44)58(52(46)37-42,39-17-5-3-6-18-39)40-19-7-4-8-20-40/h3-35H,1-2H3;3-37H,1-2H3. The van der Waals surface area contributed by atoms with Gasteiger partial charge in [-0.3, -0.25) is 0 Å². The highest BCUT2D eigenvalue weighted by Crippen LogP contribution is 2.65. The van der Waals surface area contributed by atoms with Crippen molar-refractivity contribution in [1.82, 2.24) is 0 Å². The summed E-state index contributed by atoms with van der Waals surface area (Å²) in [6, 6.07) is 155. The number of benzene rings is 18. The van der Waals surface area contributed by atoms with Crippen LogP contribution in [0.25, 0.3) is 118 Å². The quantitative estimate of drug-likeness (QED) is 0.135. The molecule has 5 aliphatic rings. The van der Waals surface area contributed by atoms with Gasteiger partial charge < -0.3 is 9.80 Å². The molecule has 25 rings (SSSR count). The molecule has 120 heavy (non-hydrogen) atoms. The molecule has 0 saturated carbocycles. The third-order valence-corrected chi connectivity index (χ3v) is 29.6. The Morgan fingerprint density at radius 1 is 0.208 bits per heavy atom. The van der Waals surface area contributed by atoms with Gasteiger partial charge in [-0.05, 0) is 224 Å². The van der Waals surface area contributed by atoms with Crippen LogP contribution in [0.2, 0.25) is 0 Å². The van der Waals surface area contributed by atoms with Crippen LogP contribution in [0.3, 0.4) is 0 Å². The highest BCUT2D eigenvalue weighted by molar-refractivity contribution is 7.26. The maximum Gasteiger partial charge on any atom is 0.0726 e. The Kier molecular flexibility index (Phi) is 15.7. The van der Waals surface area contributed by atoms with Gasteiger partial charge in [0.05, 0.1) is 26.9 Å². The van der Waals surface area contributed by atoms with Crippen LogP contribution >= 0.6 is 22.7 Å². The van der Waals surface area contributed by atoms with Crippen molar-refractivity contribution in [2.45, 2.75) is 49.4 Å². The van der Waals surface area contributed by atoms with Crippen molar-refractivity contribution in [3.05, 3.63) is 479 Å². The molecule has 0 atom stereocenters. The monoisotopic (exact) mass is 1560 g/mol. The summed E-state index contributed by atoms with van der Waals surface area (Å²) in [5.74, 6) is 0. The minimum absolute atomic E-state index is 0.0989. The largest absolute Gasteiger partial charge is 0.310 e. The summed E-state index contributed by atoms with van der Waals surface area (Å²) >= 11 is 3.75. The first-order chi connectivity index (χ1) is 59.1. The van der Waals surface area contributed by atoms with Crippen molar-refractivity contribution in [2.24, 2.45) is 0 Å². The molecule has 4 heteroatoms. The number of anilines is 6. The number of rotatable bonds is 10. The summed E-state index contributed by atoms with van der Waals surface area (Å²) in [4.78, 5) is 5.02. The average Bonchev–Trinajstić information content (AvgIpc) is 1.49. The molecule has 2 aromatic heterocycles. The van der Waals surface area contributed by atoms with Gasteiger partial charge in [-0.1, -0.05) is 361 Å². The van der Waals surface area contributed by atoms with Crippen molar-refractivity contribution in [2.75, 3.05) is 9.80 Å². The molecule has 0 radical (unpaired) electrons. The summed E-state index contributed by atoms with van der Waals surface area (Å²) < 4.78 is 5.18. The van der Waals surface area contributed by atoms with E-state index in [1.165, 1.54) is 196 Å². The topological polar surface area (TPSA) is 6.48 Å². The van der Waals surface area contributed by atoms with E-state index >= 15 is 0 Å². The molecular weight excluding hydrogens is 1490 g/mol. The van der Waals surface area contributed by atoms with E-state index in [0.29, 0.717) is 0 Å². The first kappa shape index (κ1) is 70.2. The summed E-state index contributed by atoms with van der Waals surface area (Å²) in [6.45, 7) is 9.51. The Bertz CT molecular complexity index is 7500. The molecule has 18 aromatic carbocycles. The predicted molar refractivity (Wildman–Crippen MR) is 508 cm³/mol. The number of hydrogen-bond donors (Lipinski definition) is 0. The Morgan fingerprint density at radius 2 is 0.533 bits per heavy atom. The van der Waals surface area contributed by atoms with Crippen LogP contribution in [0, 0.1) is 0 Å². The number of hydrogen-bond acceptors (Lipinski definition) is 4. The Balaban J connectivity index is 0.000000136. The van der Waals surface area contributed by atoms with Crippen LogP contribution in [0.5, 0.6) is 0 Å². The maximum absolute atomic E-state index is 2.52. The van der Waals surface area contributed by atoms with Gasteiger partial charge in [0.1, 0.15) is 0 Å². The van der Waals surface area contributed by atoms with E-state index in [0.717, 1.165) is 22.7 Å². The lowest BCUT2D eigenvalue weighted by Gasteiger charge is -2.35. The van der Waals surface area contributed by atoms with Crippen molar-refractivity contribution >= 4 is 97.1 Å². The number of thiophene rings is 2. The van der Waals surface area contributed by atoms with Crippen LogP contribution in [0.15, 0.2) is 413 Å².